The zero-order chi connectivity index (χ0) is 21.4. The first-order valence-corrected chi connectivity index (χ1v) is 7.71. The molecule has 0 radical (unpaired) electrons. The van der Waals surface area contributed by atoms with Gasteiger partial charge in [0.05, 0.1) is 5.69 Å². The predicted molar refractivity (Wildman–Crippen MR) is 86.3 cm³/mol. The van der Waals surface area contributed by atoms with Crippen molar-refractivity contribution in [2.45, 2.75) is 12.5 Å². The van der Waals surface area contributed by atoms with E-state index in [2.05, 4.69) is 20.0 Å². The van der Waals surface area contributed by atoms with Crippen LogP contribution in [0.25, 0.3) is 16.9 Å². The summed E-state index contributed by atoms with van der Waals surface area (Å²) in [6.07, 6.45) is -9.69. The lowest BCUT2D eigenvalue weighted by Crippen LogP contribution is -2.19. The molecule has 29 heavy (non-hydrogen) atoms. The lowest BCUT2D eigenvalue weighted by molar-refractivity contribution is -0.274. The van der Waals surface area contributed by atoms with Gasteiger partial charge < -0.3 is 9.84 Å². The Kier molecular flexibility index (Phi) is 5.09. The minimum atomic E-state index is -4.92. The van der Waals surface area contributed by atoms with Crippen LogP contribution in [0.5, 0.6) is 5.75 Å². The second kappa shape index (κ2) is 7.24. The van der Waals surface area contributed by atoms with Gasteiger partial charge in [0.2, 0.25) is 5.95 Å². The van der Waals surface area contributed by atoms with Crippen molar-refractivity contribution in [3.8, 4) is 11.4 Å². The molecule has 0 saturated carbocycles. The van der Waals surface area contributed by atoms with Crippen LogP contribution >= 0.6 is 0 Å². The minimum absolute atomic E-state index is 0.0261. The van der Waals surface area contributed by atoms with Crippen LogP contribution in [0.3, 0.4) is 0 Å². The van der Waals surface area contributed by atoms with E-state index in [0.29, 0.717) is 6.07 Å². The Morgan fingerprint density at radius 2 is 1.69 bits per heavy atom. The maximum absolute atomic E-state index is 13.0. The van der Waals surface area contributed by atoms with Gasteiger partial charge in [-0.25, -0.2) is 9.97 Å². The number of imidazole rings is 1. The Balaban J connectivity index is 2.14. The molecule has 0 aliphatic rings. The number of alkyl halides is 6. The number of anilines is 1. The van der Waals surface area contributed by atoms with Crippen LogP contribution in [0.1, 0.15) is 5.69 Å². The van der Waals surface area contributed by atoms with Gasteiger partial charge in [0.1, 0.15) is 23.6 Å². The molecule has 154 valence electrons. The van der Waals surface area contributed by atoms with Crippen molar-refractivity contribution in [1.82, 2.24) is 14.5 Å². The van der Waals surface area contributed by atoms with Gasteiger partial charge in [-0.2, -0.15) is 13.2 Å². The van der Waals surface area contributed by atoms with Gasteiger partial charge in [-0.15, -0.1) is 13.2 Å². The predicted octanol–water partition coefficient (Wildman–Crippen LogP) is 3.27. The molecule has 7 nitrogen and oxygen atoms in total. The number of aliphatic hydroxyl groups excluding tert-OH is 1. The van der Waals surface area contributed by atoms with Crippen molar-refractivity contribution in [2.75, 3.05) is 11.9 Å². The van der Waals surface area contributed by atoms with E-state index in [0.717, 1.165) is 34.9 Å². The summed E-state index contributed by atoms with van der Waals surface area (Å²) in [6.45, 7) is -0.928. The number of fused-ring (bicyclic) bond motifs is 1. The Bertz CT molecular complexity index is 1040. The molecule has 13 heteroatoms. The Hall–Kier alpha value is -3.35. The number of hydrogen-bond acceptors (Lipinski definition) is 5. The number of pyridine rings is 1. The van der Waals surface area contributed by atoms with Crippen molar-refractivity contribution in [3.05, 3.63) is 42.1 Å². The third-order valence-corrected chi connectivity index (χ3v) is 3.52. The van der Waals surface area contributed by atoms with Gasteiger partial charge in [-0.3, -0.25) is 14.7 Å². The molecule has 2 N–H and O–H groups in total. The highest BCUT2D eigenvalue weighted by atomic mass is 19.4. The molecule has 0 bridgehead atoms. The number of aliphatic hydroxyl groups is 1. The summed E-state index contributed by atoms with van der Waals surface area (Å²) >= 11 is 0. The minimum Gasteiger partial charge on any atom is -0.406 e. The Morgan fingerprint density at radius 1 is 1.03 bits per heavy atom. The fourth-order valence-electron chi connectivity index (χ4n) is 2.40. The van der Waals surface area contributed by atoms with E-state index in [4.69, 9.17) is 5.11 Å². The first-order valence-electron chi connectivity index (χ1n) is 7.71. The van der Waals surface area contributed by atoms with Gasteiger partial charge in [-0.1, -0.05) is 0 Å². The van der Waals surface area contributed by atoms with Crippen LogP contribution in [0, 0.1) is 0 Å². The number of carbonyl (C=O) groups is 1. The highest BCUT2D eigenvalue weighted by molar-refractivity contribution is 5.92. The van der Waals surface area contributed by atoms with Crippen molar-refractivity contribution in [3.63, 3.8) is 0 Å². The summed E-state index contributed by atoms with van der Waals surface area (Å²) in [4.78, 5) is 19.0. The number of nitrogens with one attached hydrogen (secondary N) is 1. The number of halogens is 6. The molecule has 0 spiro atoms. The largest absolute Gasteiger partial charge is 0.573 e. The van der Waals surface area contributed by atoms with Gasteiger partial charge in [0, 0.05) is 0 Å². The molecular formula is C16H10F6N4O3. The Labute approximate surface area is 157 Å². The SMILES string of the molecule is O=C(CO)Nc1nc2ccc(C(F)(F)F)nc2n1-c1ccc(OC(F)(F)F)cc1. The zero-order valence-electron chi connectivity index (χ0n) is 14.0. The molecule has 2 heterocycles. The number of aromatic nitrogens is 3. The topological polar surface area (TPSA) is 89.3 Å². The molecule has 1 aromatic carbocycles. The molecule has 0 aliphatic heterocycles. The normalized spacial score (nSPS) is 12.2. The van der Waals surface area contributed by atoms with E-state index in [1.807, 2.05) is 0 Å². The van der Waals surface area contributed by atoms with Crippen LogP contribution in [0.4, 0.5) is 32.3 Å². The molecule has 0 fully saturated rings. The van der Waals surface area contributed by atoms with Crippen molar-refractivity contribution < 1.29 is 41.0 Å². The molecule has 0 unspecified atom stereocenters. The quantitative estimate of drug-likeness (QED) is 0.633. The third kappa shape index (κ3) is 4.56. The number of carbonyl (C=O) groups excluding carboxylic acids is 1. The third-order valence-electron chi connectivity index (χ3n) is 3.52. The zero-order valence-corrected chi connectivity index (χ0v) is 14.0. The summed E-state index contributed by atoms with van der Waals surface area (Å²) in [7, 11) is 0. The van der Waals surface area contributed by atoms with E-state index < -0.39 is 36.5 Å². The summed E-state index contributed by atoms with van der Waals surface area (Å²) in [5.41, 5.74) is -1.52. The van der Waals surface area contributed by atoms with Crippen molar-refractivity contribution in [1.29, 1.82) is 0 Å². The van der Waals surface area contributed by atoms with E-state index in [1.54, 1.807) is 0 Å². The number of nitrogens with zero attached hydrogens (tertiary/aromatic N) is 3. The van der Waals surface area contributed by atoms with Crippen molar-refractivity contribution >= 4 is 23.0 Å². The summed E-state index contributed by atoms with van der Waals surface area (Å²) in [5.74, 6) is -1.75. The number of benzene rings is 1. The molecule has 2 aromatic heterocycles. The van der Waals surface area contributed by atoms with E-state index in [9.17, 15) is 31.1 Å². The van der Waals surface area contributed by atoms with Gasteiger partial charge in [-0.05, 0) is 36.4 Å². The van der Waals surface area contributed by atoms with Gasteiger partial charge >= 0.3 is 12.5 Å². The standard InChI is InChI=1S/C16H10F6N4O3/c17-15(18,19)11-6-5-10-13(24-11)26(14(23-10)25-12(28)7-27)8-1-3-9(4-2-8)29-16(20,21)22/h1-6,27H,7H2,(H,23,25,28). The summed E-state index contributed by atoms with van der Waals surface area (Å²) < 4.78 is 80.7. The monoisotopic (exact) mass is 420 g/mol. The molecule has 1 amide bonds. The summed E-state index contributed by atoms with van der Waals surface area (Å²) in [6, 6.07) is 5.80. The average Bonchev–Trinajstić information content (AvgIpc) is 2.97. The molecule has 3 rings (SSSR count). The number of amides is 1. The highest BCUT2D eigenvalue weighted by Crippen LogP contribution is 2.32. The molecule has 0 atom stereocenters. The molecule has 3 aromatic rings. The van der Waals surface area contributed by atoms with Crippen LogP contribution in [-0.4, -0.2) is 38.5 Å². The number of ether oxygens (including phenoxy) is 1. The number of hydrogen-bond donors (Lipinski definition) is 2. The first kappa shape index (κ1) is 20.4. The Morgan fingerprint density at radius 3 is 2.24 bits per heavy atom. The van der Waals surface area contributed by atoms with E-state index in [-0.39, 0.29) is 22.8 Å². The van der Waals surface area contributed by atoms with E-state index in [1.165, 1.54) is 0 Å². The fourth-order valence-corrected chi connectivity index (χ4v) is 2.40. The lowest BCUT2D eigenvalue weighted by atomic mass is 10.3. The van der Waals surface area contributed by atoms with Crippen LogP contribution in [-0.2, 0) is 11.0 Å². The second-order valence-electron chi connectivity index (χ2n) is 5.56. The molecule has 0 aliphatic carbocycles. The smallest absolute Gasteiger partial charge is 0.406 e. The van der Waals surface area contributed by atoms with Crippen LogP contribution in [0.2, 0.25) is 0 Å². The molecule has 0 saturated heterocycles. The fraction of sp³-hybridized carbons (Fsp3) is 0.188. The lowest BCUT2D eigenvalue weighted by Gasteiger charge is -2.12. The maximum Gasteiger partial charge on any atom is 0.573 e. The van der Waals surface area contributed by atoms with Crippen molar-refractivity contribution in [2.24, 2.45) is 0 Å². The first-order chi connectivity index (χ1) is 13.5. The average molecular weight is 420 g/mol. The maximum atomic E-state index is 13.0. The van der Waals surface area contributed by atoms with Crippen LogP contribution in [0.15, 0.2) is 36.4 Å². The van der Waals surface area contributed by atoms with E-state index >= 15 is 0 Å². The summed E-state index contributed by atoms with van der Waals surface area (Å²) in [5, 5.41) is 11.1. The molecular weight excluding hydrogens is 410 g/mol. The van der Waals surface area contributed by atoms with Gasteiger partial charge in [0.25, 0.3) is 5.91 Å². The number of rotatable bonds is 4. The van der Waals surface area contributed by atoms with Gasteiger partial charge in [0.15, 0.2) is 5.65 Å². The van der Waals surface area contributed by atoms with Crippen LogP contribution < -0.4 is 10.1 Å². The highest BCUT2D eigenvalue weighted by Gasteiger charge is 2.33. The second-order valence-corrected chi connectivity index (χ2v) is 5.56.